The van der Waals surface area contributed by atoms with Gasteiger partial charge in [-0.1, -0.05) is 20.8 Å². The summed E-state index contributed by atoms with van der Waals surface area (Å²) in [5, 5.41) is 2.79. The fourth-order valence-corrected chi connectivity index (χ4v) is 2.19. The van der Waals surface area contributed by atoms with Gasteiger partial charge in [0.25, 0.3) is 0 Å². The van der Waals surface area contributed by atoms with Gasteiger partial charge in [0.05, 0.1) is 0 Å². The Kier molecular flexibility index (Phi) is 6.46. The van der Waals surface area contributed by atoms with E-state index in [-0.39, 0.29) is 23.3 Å². The monoisotopic (exact) mass is 283 g/mol. The Hall–Kier alpha value is -1.10. The van der Waals surface area contributed by atoms with Crippen molar-refractivity contribution in [2.24, 2.45) is 11.1 Å². The SMILES string of the molecule is CC(C)(C)C(N)CC(=O)NCCC(=O)N1CCCCC1. The summed E-state index contributed by atoms with van der Waals surface area (Å²) >= 11 is 0. The summed E-state index contributed by atoms with van der Waals surface area (Å²) in [6.07, 6.45) is 4.10. The lowest BCUT2D eigenvalue weighted by Gasteiger charge is -2.27. The number of hydrogen-bond acceptors (Lipinski definition) is 3. The minimum absolute atomic E-state index is 0.0705. The second kappa shape index (κ2) is 7.62. The molecule has 0 aromatic rings. The topological polar surface area (TPSA) is 75.4 Å². The fraction of sp³-hybridized carbons (Fsp3) is 0.867. The first-order valence-electron chi connectivity index (χ1n) is 7.61. The molecule has 1 aliphatic rings. The van der Waals surface area contributed by atoms with Crippen molar-refractivity contribution in [3.8, 4) is 0 Å². The maximum Gasteiger partial charge on any atom is 0.224 e. The van der Waals surface area contributed by atoms with Gasteiger partial charge in [0, 0.05) is 38.5 Å². The zero-order valence-electron chi connectivity index (χ0n) is 13.1. The van der Waals surface area contributed by atoms with Crippen molar-refractivity contribution >= 4 is 11.8 Å². The number of nitrogens with zero attached hydrogens (tertiary/aromatic N) is 1. The zero-order valence-corrected chi connectivity index (χ0v) is 13.1. The molecule has 0 radical (unpaired) electrons. The Bertz CT molecular complexity index is 331. The molecule has 1 unspecified atom stereocenters. The lowest BCUT2D eigenvalue weighted by Crippen LogP contribution is -2.41. The molecular formula is C15H29N3O2. The molecule has 3 N–H and O–H groups in total. The highest BCUT2D eigenvalue weighted by molar-refractivity contribution is 5.79. The predicted molar refractivity (Wildman–Crippen MR) is 80.1 cm³/mol. The normalized spacial score (nSPS) is 17.7. The van der Waals surface area contributed by atoms with Crippen LogP contribution in [0.3, 0.4) is 0 Å². The Morgan fingerprint density at radius 3 is 2.35 bits per heavy atom. The maximum absolute atomic E-state index is 11.9. The van der Waals surface area contributed by atoms with E-state index in [1.54, 1.807) is 0 Å². The van der Waals surface area contributed by atoms with Gasteiger partial charge in [-0.2, -0.15) is 0 Å². The van der Waals surface area contributed by atoms with Gasteiger partial charge in [-0.25, -0.2) is 0 Å². The second-order valence-corrected chi connectivity index (χ2v) is 6.72. The van der Waals surface area contributed by atoms with Crippen LogP contribution in [0.4, 0.5) is 0 Å². The van der Waals surface area contributed by atoms with Crippen molar-refractivity contribution in [3.63, 3.8) is 0 Å². The molecule has 116 valence electrons. The van der Waals surface area contributed by atoms with Crippen LogP contribution in [0.25, 0.3) is 0 Å². The van der Waals surface area contributed by atoms with Gasteiger partial charge in [-0.15, -0.1) is 0 Å². The molecule has 1 atom stereocenters. The summed E-state index contributed by atoms with van der Waals surface area (Å²) in [6, 6.07) is -0.166. The van der Waals surface area contributed by atoms with Crippen molar-refractivity contribution in [1.29, 1.82) is 0 Å². The van der Waals surface area contributed by atoms with E-state index in [0.29, 0.717) is 19.4 Å². The summed E-state index contributed by atoms with van der Waals surface area (Å²) in [5.41, 5.74) is 5.88. The number of amides is 2. The van der Waals surface area contributed by atoms with Crippen LogP contribution in [-0.2, 0) is 9.59 Å². The number of carbonyl (C=O) groups is 2. The number of rotatable bonds is 5. The van der Waals surface area contributed by atoms with Crippen LogP contribution in [0.2, 0.25) is 0 Å². The van der Waals surface area contributed by atoms with E-state index in [9.17, 15) is 9.59 Å². The Morgan fingerprint density at radius 2 is 1.80 bits per heavy atom. The highest BCUT2D eigenvalue weighted by Crippen LogP contribution is 2.19. The van der Waals surface area contributed by atoms with E-state index in [2.05, 4.69) is 5.32 Å². The third-order valence-electron chi connectivity index (χ3n) is 3.89. The Balaban J connectivity index is 2.19. The average molecular weight is 283 g/mol. The predicted octanol–water partition coefficient (Wildman–Crippen LogP) is 1.27. The second-order valence-electron chi connectivity index (χ2n) is 6.72. The molecule has 2 amide bonds. The number of carbonyl (C=O) groups excluding carboxylic acids is 2. The van der Waals surface area contributed by atoms with Gasteiger partial charge in [-0.3, -0.25) is 9.59 Å². The highest BCUT2D eigenvalue weighted by atomic mass is 16.2. The molecule has 5 nitrogen and oxygen atoms in total. The van der Waals surface area contributed by atoms with Crippen molar-refractivity contribution in [3.05, 3.63) is 0 Å². The van der Waals surface area contributed by atoms with Crippen LogP contribution in [0.1, 0.15) is 52.9 Å². The van der Waals surface area contributed by atoms with Crippen LogP contribution >= 0.6 is 0 Å². The smallest absolute Gasteiger partial charge is 0.224 e. The lowest BCUT2D eigenvalue weighted by atomic mass is 9.85. The number of nitrogens with one attached hydrogen (secondary N) is 1. The third-order valence-corrected chi connectivity index (χ3v) is 3.89. The van der Waals surface area contributed by atoms with Gasteiger partial charge in [0.1, 0.15) is 0 Å². The average Bonchev–Trinajstić information content (AvgIpc) is 2.38. The molecule has 0 spiro atoms. The van der Waals surface area contributed by atoms with Crippen LogP contribution in [0, 0.1) is 5.41 Å². The number of piperidine rings is 1. The molecule has 20 heavy (non-hydrogen) atoms. The summed E-state index contributed by atoms with van der Waals surface area (Å²) in [4.78, 5) is 25.6. The molecule has 1 rings (SSSR count). The first-order chi connectivity index (χ1) is 9.30. The van der Waals surface area contributed by atoms with Crippen LogP contribution in [0.5, 0.6) is 0 Å². The molecule has 1 aliphatic heterocycles. The molecule has 1 fully saturated rings. The van der Waals surface area contributed by atoms with E-state index in [1.807, 2.05) is 25.7 Å². The van der Waals surface area contributed by atoms with Crippen LogP contribution in [0.15, 0.2) is 0 Å². The molecule has 0 aliphatic carbocycles. The van der Waals surface area contributed by atoms with Gasteiger partial charge in [-0.05, 0) is 24.7 Å². The minimum atomic E-state index is -0.166. The Labute approximate surface area is 122 Å². The summed E-state index contributed by atoms with van der Waals surface area (Å²) in [7, 11) is 0. The van der Waals surface area contributed by atoms with Crippen molar-refractivity contribution < 1.29 is 9.59 Å². The molecule has 0 bridgehead atoms. The van der Waals surface area contributed by atoms with E-state index < -0.39 is 0 Å². The fourth-order valence-electron chi connectivity index (χ4n) is 2.19. The van der Waals surface area contributed by atoms with Crippen molar-refractivity contribution in [2.45, 2.75) is 58.9 Å². The van der Waals surface area contributed by atoms with E-state index in [1.165, 1.54) is 6.42 Å². The van der Waals surface area contributed by atoms with E-state index >= 15 is 0 Å². The molecular weight excluding hydrogens is 254 g/mol. The summed E-state index contributed by atoms with van der Waals surface area (Å²) in [5.74, 6) is 0.0731. The standard InChI is InChI=1S/C15H29N3O2/c1-15(2,3)12(16)11-13(19)17-8-7-14(20)18-9-5-4-6-10-18/h12H,4-11,16H2,1-3H3,(H,17,19). The van der Waals surface area contributed by atoms with Gasteiger partial charge >= 0.3 is 0 Å². The van der Waals surface area contributed by atoms with Gasteiger partial charge in [0.15, 0.2) is 0 Å². The first-order valence-corrected chi connectivity index (χ1v) is 7.61. The molecule has 0 aromatic heterocycles. The quantitative estimate of drug-likeness (QED) is 0.798. The summed E-state index contributed by atoms with van der Waals surface area (Å²) in [6.45, 7) is 8.19. The molecule has 1 heterocycles. The minimum Gasteiger partial charge on any atom is -0.356 e. The number of hydrogen-bond donors (Lipinski definition) is 2. The highest BCUT2D eigenvalue weighted by Gasteiger charge is 2.23. The number of likely N-dealkylation sites (tertiary alicyclic amines) is 1. The van der Waals surface area contributed by atoms with E-state index in [4.69, 9.17) is 5.73 Å². The molecule has 0 aromatic carbocycles. The van der Waals surface area contributed by atoms with E-state index in [0.717, 1.165) is 25.9 Å². The molecule has 1 saturated heterocycles. The van der Waals surface area contributed by atoms with Gasteiger partial charge < -0.3 is 16.0 Å². The van der Waals surface area contributed by atoms with Crippen LogP contribution in [-0.4, -0.2) is 42.4 Å². The third kappa shape index (κ3) is 5.90. The first kappa shape index (κ1) is 17.0. The van der Waals surface area contributed by atoms with Crippen molar-refractivity contribution in [1.82, 2.24) is 10.2 Å². The summed E-state index contributed by atoms with van der Waals surface area (Å²) < 4.78 is 0. The zero-order chi connectivity index (χ0) is 15.2. The molecule has 0 saturated carbocycles. The lowest BCUT2D eigenvalue weighted by molar-refractivity contribution is -0.132. The van der Waals surface area contributed by atoms with Crippen molar-refractivity contribution in [2.75, 3.05) is 19.6 Å². The Morgan fingerprint density at radius 1 is 1.20 bits per heavy atom. The number of nitrogens with two attached hydrogens (primary N) is 1. The molecule has 5 heteroatoms. The maximum atomic E-state index is 11.9. The largest absolute Gasteiger partial charge is 0.356 e. The van der Waals surface area contributed by atoms with Crippen LogP contribution < -0.4 is 11.1 Å². The van der Waals surface area contributed by atoms with Gasteiger partial charge in [0.2, 0.25) is 11.8 Å².